The molecule has 0 fully saturated rings. The van der Waals surface area contributed by atoms with E-state index in [9.17, 15) is 22.8 Å². The molecule has 2 amide bonds. The molecular weight excluding hydrogens is 468 g/mol. The quantitative estimate of drug-likeness (QED) is 0.434. The highest BCUT2D eigenvalue weighted by molar-refractivity contribution is 6.35. The maximum Gasteiger partial charge on any atom is 0.416 e. The lowest BCUT2D eigenvalue weighted by molar-refractivity contribution is -0.137. The predicted octanol–water partition coefficient (Wildman–Crippen LogP) is 6.28. The first-order valence-corrected chi connectivity index (χ1v) is 9.83. The minimum Gasteiger partial charge on any atom is -0.484 e. The van der Waals surface area contributed by atoms with Crippen LogP contribution in [0.5, 0.6) is 5.75 Å². The fourth-order valence-electron chi connectivity index (χ4n) is 2.65. The fourth-order valence-corrected chi connectivity index (χ4v) is 3.18. The summed E-state index contributed by atoms with van der Waals surface area (Å²) in [6.07, 6.45) is -4.51. The van der Waals surface area contributed by atoms with Crippen molar-refractivity contribution in [1.82, 2.24) is 0 Å². The third kappa shape index (κ3) is 6.63. The number of hydrogen-bond donors (Lipinski definition) is 2. The summed E-state index contributed by atoms with van der Waals surface area (Å²) in [5.74, 6) is -0.721. The number of rotatable bonds is 6. The standard InChI is InChI=1S/C22H15Cl2F3N2O3/c23-15-9-16(24)11-18(10-15)28-20(30)12-32-19-6-4-13(5-7-19)21(31)29-17-3-1-2-14(8-17)22(25,26)27/h1-11H,12H2,(H,28,30)(H,29,31). The Morgan fingerprint density at radius 1 is 0.844 bits per heavy atom. The first kappa shape index (κ1) is 23.4. The Morgan fingerprint density at radius 3 is 2.12 bits per heavy atom. The number of benzene rings is 3. The van der Waals surface area contributed by atoms with Crippen LogP contribution < -0.4 is 15.4 Å². The van der Waals surface area contributed by atoms with Gasteiger partial charge in [-0.25, -0.2) is 0 Å². The van der Waals surface area contributed by atoms with Gasteiger partial charge in [-0.05, 0) is 60.7 Å². The van der Waals surface area contributed by atoms with Gasteiger partial charge in [0, 0.05) is 27.0 Å². The van der Waals surface area contributed by atoms with Crippen LogP contribution in [0.4, 0.5) is 24.5 Å². The van der Waals surface area contributed by atoms with Gasteiger partial charge >= 0.3 is 6.18 Å². The maximum absolute atomic E-state index is 12.8. The van der Waals surface area contributed by atoms with Crippen LogP contribution >= 0.6 is 23.2 Å². The average Bonchev–Trinajstić information content (AvgIpc) is 2.71. The molecule has 0 unspecified atom stereocenters. The van der Waals surface area contributed by atoms with Gasteiger partial charge in [-0.15, -0.1) is 0 Å². The highest BCUT2D eigenvalue weighted by atomic mass is 35.5. The van der Waals surface area contributed by atoms with Gasteiger partial charge in [0.25, 0.3) is 11.8 Å². The molecular formula is C22H15Cl2F3N2O3. The van der Waals surface area contributed by atoms with Crippen molar-refractivity contribution in [3.8, 4) is 5.75 Å². The minimum absolute atomic E-state index is 0.0166. The molecule has 5 nitrogen and oxygen atoms in total. The normalized spacial score (nSPS) is 11.0. The Labute approximate surface area is 191 Å². The van der Waals surface area contributed by atoms with Crippen LogP contribution in [0.3, 0.4) is 0 Å². The Hall–Kier alpha value is -3.23. The molecule has 0 heterocycles. The van der Waals surface area contributed by atoms with E-state index in [1.165, 1.54) is 54.6 Å². The number of carbonyl (C=O) groups is 2. The number of anilines is 2. The topological polar surface area (TPSA) is 67.4 Å². The number of nitrogens with one attached hydrogen (secondary N) is 2. The number of halogens is 5. The molecule has 0 radical (unpaired) electrons. The van der Waals surface area contributed by atoms with Gasteiger partial charge in [-0.3, -0.25) is 9.59 Å². The zero-order valence-corrected chi connectivity index (χ0v) is 17.7. The lowest BCUT2D eigenvalue weighted by atomic mass is 10.1. The second-order valence-corrected chi connectivity index (χ2v) is 7.42. The second-order valence-electron chi connectivity index (χ2n) is 6.55. The number of hydrogen-bond acceptors (Lipinski definition) is 3. The van der Waals surface area contributed by atoms with Crippen LogP contribution in [0.2, 0.25) is 10.0 Å². The molecule has 3 aromatic rings. The van der Waals surface area contributed by atoms with Crippen molar-refractivity contribution in [1.29, 1.82) is 0 Å². The predicted molar refractivity (Wildman–Crippen MR) is 116 cm³/mol. The molecule has 0 aliphatic rings. The second kappa shape index (κ2) is 9.93. The molecule has 0 aliphatic heterocycles. The van der Waals surface area contributed by atoms with Crippen molar-refractivity contribution in [2.75, 3.05) is 17.2 Å². The SMILES string of the molecule is O=C(COc1ccc(C(=O)Nc2cccc(C(F)(F)F)c2)cc1)Nc1cc(Cl)cc(Cl)c1. The largest absolute Gasteiger partial charge is 0.484 e. The highest BCUT2D eigenvalue weighted by Crippen LogP contribution is 2.30. The van der Waals surface area contributed by atoms with Crippen molar-refractivity contribution in [3.63, 3.8) is 0 Å². The first-order valence-electron chi connectivity index (χ1n) is 9.07. The number of alkyl halides is 3. The average molecular weight is 483 g/mol. The fraction of sp³-hybridized carbons (Fsp3) is 0.0909. The molecule has 0 aliphatic carbocycles. The zero-order valence-electron chi connectivity index (χ0n) is 16.2. The molecule has 2 N–H and O–H groups in total. The van der Waals surface area contributed by atoms with Crippen LogP contribution in [0.25, 0.3) is 0 Å². The minimum atomic E-state index is -4.51. The molecule has 166 valence electrons. The van der Waals surface area contributed by atoms with E-state index in [1.807, 2.05) is 0 Å². The van der Waals surface area contributed by atoms with E-state index in [-0.39, 0.29) is 17.9 Å². The van der Waals surface area contributed by atoms with Crippen molar-refractivity contribution >= 4 is 46.4 Å². The first-order chi connectivity index (χ1) is 15.1. The molecule has 3 aromatic carbocycles. The molecule has 0 spiro atoms. The third-order valence-electron chi connectivity index (χ3n) is 4.08. The monoisotopic (exact) mass is 482 g/mol. The van der Waals surface area contributed by atoms with Gasteiger partial charge in [0.15, 0.2) is 6.61 Å². The van der Waals surface area contributed by atoms with Crippen LogP contribution in [-0.2, 0) is 11.0 Å². The maximum atomic E-state index is 12.8. The molecule has 0 atom stereocenters. The summed E-state index contributed by atoms with van der Waals surface area (Å²) in [5.41, 5.74) is -0.231. The van der Waals surface area contributed by atoms with E-state index >= 15 is 0 Å². The van der Waals surface area contributed by atoms with E-state index in [4.69, 9.17) is 27.9 Å². The molecule has 0 aromatic heterocycles. The van der Waals surface area contributed by atoms with E-state index in [2.05, 4.69) is 10.6 Å². The molecule has 32 heavy (non-hydrogen) atoms. The summed E-state index contributed by atoms with van der Waals surface area (Å²) in [6, 6.07) is 14.7. The van der Waals surface area contributed by atoms with Gasteiger partial charge in [0.2, 0.25) is 0 Å². The summed E-state index contributed by atoms with van der Waals surface area (Å²) in [4.78, 5) is 24.3. The Morgan fingerprint density at radius 2 is 1.50 bits per heavy atom. The van der Waals surface area contributed by atoms with Crippen LogP contribution in [0.1, 0.15) is 15.9 Å². The van der Waals surface area contributed by atoms with E-state index in [0.29, 0.717) is 21.5 Å². The van der Waals surface area contributed by atoms with Crippen LogP contribution in [0.15, 0.2) is 66.7 Å². The molecule has 0 saturated carbocycles. The Kier molecular flexibility index (Phi) is 7.27. The van der Waals surface area contributed by atoms with Gasteiger partial charge in [0.05, 0.1) is 5.56 Å². The number of ether oxygens (including phenoxy) is 1. The van der Waals surface area contributed by atoms with Crippen molar-refractivity contribution in [2.24, 2.45) is 0 Å². The highest BCUT2D eigenvalue weighted by Gasteiger charge is 2.30. The van der Waals surface area contributed by atoms with Gasteiger partial charge < -0.3 is 15.4 Å². The van der Waals surface area contributed by atoms with E-state index < -0.39 is 23.6 Å². The Bertz CT molecular complexity index is 1120. The van der Waals surface area contributed by atoms with E-state index in [0.717, 1.165) is 12.1 Å². The summed E-state index contributed by atoms with van der Waals surface area (Å²) in [5, 5.41) is 5.74. The molecule has 3 rings (SSSR count). The molecule has 0 saturated heterocycles. The van der Waals surface area contributed by atoms with Gasteiger partial charge in [-0.2, -0.15) is 13.2 Å². The van der Waals surface area contributed by atoms with Crippen molar-refractivity contribution in [3.05, 3.63) is 87.9 Å². The smallest absolute Gasteiger partial charge is 0.416 e. The van der Waals surface area contributed by atoms with E-state index in [1.54, 1.807) is 0 Å². The lowest BCUT2D eigenvalue weighted by Gasteiger charge is -2.11. The summed E-state index contributed by atoms with van der Waals surface area (Å²) in [7, 11) is 0. The van der Waals surface area contributed by atoms with Crippen molar-refractivity contribution in [2.45, 2.75) is 6.18 Å². The zero-order chi connectivity index (χ0) is 23.3. The summed E-state index contributed by atoms with van der Waals surface area (Å²) in [6.45, 7) is -0.306. The lowest BCUT2D eigenvalue weighted by Crippen LogP contribution is -2.20. The van der Waals surface area contributed by atoms with Gasteiger partial charge in [0.1, 0.15) is 5.75 Å². The Balaban J connectivity index is 1.55. The third-order valence-corrected chi connectivity index (χ3v) is 4.52. The summed E-state index contributed by atoms with van der Waals surface area (Å²) >= 11 is 11.8. The number of carbonyl (C=O) groups excluding carboxylic acids is 2. The number of amides is 2. The van der Waals surface area contributed by atoms with Crippen LogP contribution in [0, 0.1) is 0 Å². The van der Waals surface area contributed by atoms with Crippen LogP contribution in [-0.4, -0.2) is 18.4 Å². The molecule has 10 heteroatoms. The van der Waals surface area contributed by atoms with Crippen molar-refractivity contribution < 1.29 is 27.5 Å². The van der Waals surface area contributed by atoms with Gasteiger partial charge in [-0.1, -0.05) is 29.3 Å². The summed E-state index contributed by atoms with van der Waals surface area (Å²) < 4.78 is 43.8. The molecule has 0 bridgehead atoms.